The van der Waals surface area contributed by atoms with Crippen molar-refractivity contribution < 1.29 is 18.3 Å². The minimum atomic E-state index is -3.96. The number of allylic oxidation sites excluding steroid dienone is 2. The lowest BCUT2D eigenvalue weighted by Crippen LogP contribution is -2.27. The van der Waals surface area contributed by atoms with E-state index in [1.165, 1.54) is 6.08 Å². The number of ketones is 1. The number of rotatable bonds is 6. The maximum Gasteiger partial charge on any atom is 0.244 e. The van der Waals surface area contributed by atoms with Gasteiger partial charge in [-0.25, -0.2) is 13.1 Å². The quantitative estimate of drug-likeness (QED) is 0.715. The summed E-state index contributed by atoms with van der Waals surface area (Å²) in [5.41, 5.74) is 1.18. The third kappa shape index (κ3) is 5.53. The predicted octanol–water partition coefficient (Wildman–Crippen LogP) is 4.02. The number of carbonyl (C=O) groups excluding carboxylic acids is 1. The van der Waals surface area contributed by atoms with E-state index in [2.05, 4.69) is 11.3 Å². The summed E-state index contributed by atoms with van der Waals surface area (Å²) in [5.74, 6) is -0.489. The SMILES string of the molecule is C=CC(=O)/C(=C/c1cc(C(C)(C)C)c(O)c(C(C)(C)C)c1)S(=O)(=O)NCC. The molecule has 1 aromatic rings. The van der Waals surface area contributed by atoms with Crippen LogP contribution in [0.5, 0.6) is 5.75 Å². The zero-order chi connectivity index (χ0) is 21.2. The van der Waals surface area contributed by atoms with Crippen LogP contribution in [0, 0.1) is 0 Å². The standard InChI is InChI=1S/C21H31NO4S/c1-9-17(23)18(27(25,26)22-10-2)13-14-11-15(20(3,4)5)19(24)16(12-14)21(6,7)8/h9,11-13,22,24H,1,10H2,2-8H3/b18-13-. The largest absolute Gasteiger partial charge is 0.507 e. The summed E-state index contributed by atoms with van der Waals surface area (Å²) < 4.78 is 27.3. The summed E-state index contributed by atoms with van der Waals surface area (Å²) in [4.78, 5) is 11.8. The lowest BCUT2D eigenvalue weighted by Gasteiger charge is -2.28. The zero-order valence-corrected chi connectivity index (χ0v) is 18.1. The number of nitrogens with one attached hydrogen (secondary N) is 1. The number of aromatic hydroxyl groups is 1. The minimum absolute atomic E-state index is 0.167. The minimum Gasteiger partial charge on any atom is -0.507 e. The Labute approximate surface area is 163 Å². The van der Waals surface area contributed by atoms with Crippen molar-refractivity contribution in [2.75, 3.05) is 6.54 Å². The Morgan fingerprint density at radius 3 is 1.89 bits per heavy atom. The van der Waals surface area contributed by atoms with Gasteiger partial charge in [0.1, 0.15) is 10.7 Å². The molecule has 0 saturated heterocycles. The molecule has 0 saturated carbocycles. The molecule has 0 radical (unpaired) electrons. The molecule has 1 aromatic carbocycles. The van der Waals surface area contributed by atoms with Crippen molar-refractivity contribution in [2.24, 2.45) is 0 Å². The third-order valence-electron chi connectivity index (χ3n) is 4.10. The van der Waals surface area contributed by atoms with Crippen LogP contribution < -0.4 is 4.72 Å². The number of benzene rings is 1. The molecule has 0 aliphatic rings. The van der Waals surface area contributed by atoms with E-state index >= 15 is 0 Å². The number of hydrogen-bond donors (Lipinski definition) is 2. The Bertz CT molecular complexity index is 831. The first-order chi connectivity index (χ1) is 12.1. The molecule has 0 amide bonds. The maximum atomic E-state index is 12.5. The van der Waals surface area contributed by atoms with Crippen LogP contribution in [0.25, 0.3) is 6.08 Å². The Hall–Kier alpha value is -1.92. The van der Waals surface area contributed by atoms with Crippen LogP contribution in [0.2, 0.25) is 0 Å². The molecule has 6 heteroatoms. The van der Waals surface area contributed by atoms with Gasteiger partial charge in [-0.1, -0.05) is 55.0 Å². The van der Waals surface area contributed by atoms with Crippen LogP contribution in [0.3, 0.4) is 0 Å². The molecule has 0 heterocycles. The van der Waals surface area contributed by atoms with Crippen molar-refractivity contribution in [1.29, 1.82) is 0 Å². The number of sulfonamides is 1. The Kier molecular flexibility index (Phi) is 6.84. The highest BCUT2D eigenvalue weighted by Gasteiger charge is 2.27. The normalized spacial score (nSPS) is 13.5. The molecule has 0 atom stereocenters. The first kappa shape index (κ1) is 23.1. The lowest BCUT2D eigenvalue weighted by atomic mass is 9.78. The molecule has 2 N–H and O–H groups in total. The molecule has 5 nitrogen and oxygen atoms in total. The van der Waals surface area contributed by atoms with Crippen molar-refractivity contribution in [2.45, 2.75) is 59.3 Å². The van der Waals surface area contributed by atoms with Gasteiger partial charge in [0.2, 0.25) is 10.0 Å². The fraction of sp³-hybridized carbons (Fsp3) is 0.476. The van der Waals surface area contributed by atoms with E-state index in [1.54, 1.807) is 19.1 Å². The average Bonchev–Trinajstić information content (AvgIpc) is 2.50. The molecular formula is C21H31NO4S. The molecule has 0 spiro atoms. The van der Waals surface area contributed by atoms with Gasteiger partial charge in [-0.05, 0) is 40.7 Å². The van der Waals surface area contributed by atoms with Gasteiger partial charge in [0.05, 0.1) is 0 Å². The highest BCUT2D eigenvalue weighted by molar-refractivity contribution is 7.94. The first-order valence-electron chi connectivity index (χ1n) is 8.91. The number of carbonyl (C=O) groups is 1. The van der Waals surface area contributed by atoms with Gasteiger partial charge in [0, 0.05) is 17.7 Å². The number of phenolic OH excluding ortho intramolecular Hbond substituents is 1. The van der Waals surface area contributed by atoms with E-state index in [9.17, 15) is 18.3 Å². The number of phenols is 1. The summed E-state index contributed by atoms with van der Waals surface area (Å²) in [5, 5.41) is 10.8. The van der Waals surface area contributed by atoms with Gasteiger partial charge in [-0.3, -0.25) is 4.79 Å². The number of hydrogen-bond acceptors (Lipinski definition) is 4. The highest BCUT2D eigenvalue weighted by atomic mass is 32.2. The van der Waals surface area contributed by atoms with Gasteiger partial charge >= 0.3 is 0 Å². The zero-order valence-electron chi connectivity index (χ0n) is 17.3. The monoisotopic (exact) mass is 393 g/mol. The summed E-state index contributed by atoms with van der Waals surface area (Å²) >= 11 is 0. The summed E-state index contributed by atoms with van der Waals surface area (Å²) in [6, 6.07) is 3.45. The van der Waals surface area contributed by atoms with Crippen LogP contribution >= 0.6 is 0 Å². The fourth-order valence-corrected chi connectivity index (χ4v) is 3.86. The van der Waals surface area contributed by atoms with Gasteiger partial charge < -0.3 is 5.11 Å². The molecule has 27 heavy (non-hydrogen) atoms. The van der Waals surface area contributed by atoms with Crippen molar-refractivity contribution in [3.05, 3.63) is 46.4 Å². The van der Waals surface area contributed by atoms with E-state index in [0.717, 1.165) is 6.08 Å². The molecule has 0 aliphatic carbocycles. The van der Waals surface area contributed by atoms with E-state index in [0.29, 0.717) is 16.7 Å². The molecular weight excluding hydrogens is 362 g/mol. The summed E-state index contributed by atoms with van der Waals surface area (Å²) in [7, 11) is -3.96. The van der Waals surface area contributed by atoms with E-state index < -0.39 is 15.8 Å². The van der Waals surface area contributed by atoms with Crippen molar-refractivity contribution in [3.8, 4) is 5.75 Å². The lowest BCUT2D eigenvalue weighted by molar-refractivity contribution is -0.110. The fourth-order valence-electron chi connectivity index (χ4n) is 2.68. The van der Waals surface area contributed by atoms with E-state index in [-0.39, 0.29) is 28.0 Å². The van der Waals surface area contributed by atoms with Crippen molar-refractivity contribution in [3.63, 3.8) is 0 Å². The van der Waals surface area contributed by atoms with Crippen LogP contribution in [-0.4, -0.2) is 25.9 Å². The Balaban J connectivity index is 3.85. The van der Waals surface area contributed by atoms with E-state index in [4.69, 9.17) is 0 Å². The van der Waals surface area contributed by atoms with E-state index in [1.807, 2.05) is 41.5 Å². The van der Waals surface area contributed by atoms with Crippen LogP contribution in [-0.2, 0) is 25.6 Å². The first-order valence-corrected chi connectivity index (χ1v) is 10.4. The van der Waals surface area contributed by atoms with Crippen LogP contribution in [0.1, 0.15) is 65.2 Å². The second-order valence-electron chi connectivity index (χ2n) is 8.54. The smallest absolute Gasteiger partial charge is 0.244 e. The second kappa shape index (κ2) is 7.98. The predicted molar refractivity (Wildman–Crippen MR) is 111 cm³/mol. The molecule has 0 aromatic heterocycles. The molecule has 150 valence electrons. The average molecular weight is 394 g/mol. The maximum absolute atomic E-state index is 12.5. The van der Waals surface area contributed by atoms with Crippen LogP contribution in [0.15, 0.2) is 29.7 Å². The second-order valence-corrected chi connectivity index (χ2v) is 10.3. The molecule has 0 unspecified atom stereocenters. The summed E-state index contributed by atoms with van der Waals surface area (Å²) in [6.45, 7) is 17.0. The van der Waals surface area contributed by atoms with Gasteiger partial charge in [0.25, 0.3) is 0 Å². The molecule has 1 rings (SSSR count). The Morgan fingerprint density at radius 1 is 1.11 bits per heavy atom. The summed E-state index contributed by atoms with van der Waals surface area (Å²) in [6.07, 6.45) is 2.32. The van der Waals surface area contributed by atoms with Gasteiger partial charge in [-0.15, -0.1) is 0 Å². The molecule has 0 bridgehead atoms. The molecule has 0 fully saturated rings. The van der Waals surface area contributed by atoms with Crippen LogP contribution in [0.4, 0.5) is 0 Å². The van der Waals surface area contributed by atoms with Crippen molar-refractivity contribution in [1.82, 2.24) is 4.72 Å². The highest BCUT2D eigenvalue weighted by Crippen LogP contribution is 2.40. The Morgan fingerprint density at radius 2 is 1.56 bits per heavy atom. The van der Waals surface area contributed by atoms with Gasteiger partial charge in [0.15, 0.2) is 5.78 Å². The van der Waals surface area contributed by atoms with Crippen molar-refractivity contribution >= 4 is 21.9 Å². The molecule has 0 aliphatic heterocycles. The van der Waals surface area contributed by atoms with Gasteiger partial charge in [-0.2, -0.15) is 0 Å². The topological polar surface area (TPSA) is 83.5 Å². The third-order valence-corrected chi connectivity index (χ3v) is 5.66.